The average Bonchev–Trinajstić information content (AvgIpc) is 3.03. The molecule has 7 N–H and O–H groups in total. The summed E-state index contributed by atoms with van der Waals surface area (Å²) >= 11 is 0. The Balaban J connectivity index is 1.65. The van der Waals surface area contributed by atoms with E-state index in [1.54, 1.807) is 0 Å². The van der Waals surface area contributed by atoms with Crippen LogP contribution in [0.2, 0.25) is 0 Å². The number of rotatable bonds is 7. The fourth-order valence-corrected chi connectivity index (χ4v) is 3.14. The number of hydrogen-bond donors (Lipinski definition) is 7. The van der Waals surface area contributed by atoms with Gasteiger partial charge >= 0.3 is 0 Å². The minimum Gasteiger partial charge on any atom is -0.504 e. The molecular weight excluding hydrogens is 408 g/mol. The number of hydrogen-bond acceptors (Lipinski definition) is 12. The van der Waals surface area contributed by atoms with E-state index in [2.05, 4.69) is 0 Å². The Morgan fingerprint density at radius 3 is 2.47 bits per heavy atom. The van der Waals surface area contributed by atoms with Gasteiger partial charge in [-0.1, -0.05) is 0 Å². The highest BCUT2D eigenvalue weighted by Gasteiger charge is 2.50. The highest BCUT2D eigenvalue weighted by Crippen LogP contribution is 2.32. The van der Waals surface area contributed by atoms with Crippen LogP contribution >= 0.6 is 0 Å². The quantitative estimate of drug-likeness (QED) is 0.231. The molecule has 2 aliphatic rings. The predicted molar refractivity (Wildman–Crippen MR) is 95.7 cm³/mol. The molecule has 12 heteroatoms. The summed E-state index contributed by atoms with van der Waals surface area (Å²) in [7, 11) is 1.34. The first-order valence-electron chi connectivity index (χ1n) is 9.18. The zero-order chi connectivity index (χ0) is 22.1. The summed E-state index contributed by atoms with van der Waals surface area (Å²) in [4.78, 5) is 0. The summed E-state index contributed by atoms with van der Waals surface area (Å²) in [5, 5.41) is 69.3. The maximum absolute atomic E-state index is 10.2. The second kappa shape index (κ2) is 9.18. The van der Waals surface area contributed by atoms with E-state index in [0.29, 0.717) is 0 Å². The van der Waals surface area contributed by atoms with Gasteiger partial charge in [0.25, 0.3) is 0 Å². The number of methoxy groups -OCH3 is 1. The van der Waals surface area contributed by atoms with Gasteiger partial charge in [-0.15, -0.1) is 0 Å². The molecule has 3 rings (SSSR count). The fourth-order valence-electron chi connectivity index (χ4n) is 3.14. The molecular formula is C18H26O12. The van der Waals surface area contributed by atoms with Gasteiger partial charge in [-0.3, -0.25) is 0 Å². The zero-order valence-electron chi connectivity index (χ0n) is 16.1. The van der Waals surface area contributed by atoms with Crippen molar-refractivity contribution in [2.45, 2.75) is 48.7 Å². The maximum Gasteiger partial charge on any atom is 0.229 e. The van der Waals surface area contributed by atoms with Crippen molar-refractivity contribution in [2.24, 2.45) is 0 Å². The first-order chi connectivity index (χ1) is 14.2. The molecule has 2 aliphatic heterocycles. The molecule has 1 aromatic rings. The van der Waals surface area contributed by atoms with Crippen molar-refractivity contribution < 1.29 is 59.4 Å². The second-order valence-electron chi connectivity index (χ2n) is 7.19. The maximum atomic E-state index is 10.2. The Labute approximate surface area is 171 Å². The third kappa shape index (κ3) is 4.46. The molecule has 2 saturated heterocycles. The predicted octanol–water partition coefficient (Wildman–Crippen LogP) is -2.96. The van der Waals surface area contributed by atoms with Crippen molar-refractivity contribution in [1.82, 2.24) is 0 Å². The standard InChI is InChI=1S/C18H26O12/c1-26-10-4-8(2-3-9(10)20)29-16-14(23)13(22)12(21)11(30-16)5-27-17-15(24)18(25,6-19)7-28-17/h2-4,11-17,19-25H,5-7H2,1H3/t11-,12-,13+,14-,15+,16-,17-,18-/m1/s1. The smallest absolute Gasteiger partial charge is 0.229 e. The summed E-state index contributed by atoms with van der Waals surface area (Å²) < 4.78 is 26.4. The average molecular weight is 434 g/mol. The Bertz CT molecular complexity index is 716. The second-order valence-corrected chi connectivity index (χ2v) is 7.19. The van der Waals surface area contributed by atoms with E-state index >= 15 is 0 Å². The third-order valence-electron chi connectivity index (χ3n) is 5.08. The summed E-state index contributed by atoms with van der Waals surface area (Å²) in [6.07, 6.45) is -10.2. The van der Waals surface area contributed by atoms with Gasteiger partial charge in [-0.25, -0.2) is 0 Å². The van der Waals surface area contributed by atoms with E-state index in [1.807, 2.05) is 0 Å². The molecule has 0 amide bonds. The molecule has 0 radical (unpaired) electrons. The lowest BCUT2D eigenvalue weighted by molar-refractivity contribution is -0.289. The Morgan fingerprint density at radius 2 is 1.83 bits per heavy atom. The molecule has 2 fully saturated rings. The summed E-state index contributed by atoms with van der Waals surface area (Å²) in [5.74, 6) is 0.135. The largest absolute Gasteiger partial charge is 0.504 e. The number of aromatic hydroxyl groups is 1. The molecule has 8 atom stereocenters. The topological polar surface area (TPSA) is 188 Å². The molecule has 0 bridgehead atoms. The van der Waals surface area contributed by atoms with Crippen LogP contribution in [0.15, 0.2) is 18.2 Å². The SMILES string of the molecule is COc1cc(O[C@@H]2O[C@H](CO[C@@H]3OC[C@](O)(CO)[C@H]3O)[C@@H](O)[C@H](O)[C@H]2O)ccc1O. The van der Waals surface area contributed by atoms with Crippen LogP contribution in [0.25, 0.3) is 0 Å². The zero-order valence-corrected chi connectivity index (χ0v) is 16.1. The Kier molecular flexibility index (Phi) is 7.02. The minimum atomic E-state index is -1.88. The van der Waals surface area contributed by atoms with Gasteiger partial charge in [-0.2, -0.15) is 0 Å². The van der Waals surface area contributed by atoms with E-state index in [4.69, 9.17) is 28.8 Å². The van der Waals surface area contributed by atoms with Gasteiger partial charge in [-0.05, 0) is 12.1 Å². The van der Waals surface area contributed by atoms with Crippen LogP contribution in [-0.2, 0) is 14.2 Å². The van der Waals surface area contributed by atoms with Crippen LogP contribution < -0.4 is 9.47 Å². The summed E-state index contributed by atoms with van der Waals surface area (Å²) in [6.45, 7) is -1.50. The highest BCUT2D eigenvalue weighted by molar-refractivity contribution is 5.44. The summed E-state index contributed by atoms with van der Waals surface area (Å²) in [5.41, 5.74) is -1.88. The van der Waals surface area contributed by atoms with Crippen LogP contribution in [0, 0.1) is 0 Å². The minimum absolute atomic E-state index is 0.113. The Morgan fingerprint density at radius 1 is 1.10 bits per heavy atom. The lowest BCUT2D eigenvalue weighted by Gasteiger charge is -2.40. The van der Waals surface area contributed by atoms with Crippen molar-refractivity contribution >= 4 is 0 Å². The van der Waals surface area contributed by atoms with Crippen molar-refractivity contribution in [3.63, 3.8) is 0 Å². The van der Waals surface area contributed by atoms with Crippen molar-refractivity contribution in [1.29, 1.82) is 0 Å². The van der Waals surface area contributed by atoms with E-state index in [1.165, 1.54) is 25.3 Å². The first-order valence-corrected chi connectivity index (χ1v) is 9.18. The number of phenols is 1. The van der Waals surface area contributed by atoms with E-state index in [0.717, 1.165) is 0 Å². The van der Waals surface area contributed by atoms with Gasteiger partial charge in [0.2, 0.25) is 6.29 Å². The molecule has 1 aromatic carbocycles. The van der Waals surface area contributed by atoms with Crippen molar-refractivity contribution in [3.05, 3.63) is 18.2 Å². The van der Waals surface area contributed by atoms with Gasteiger partial charge in [0.15, 0.2) is 17.8 Å². The van der Waals surface area contributed by atoms with Gasteiger partial charge in [0.05, 0.1) is 26.9 Å². The van der Waals surface area contributed by atoms with Gasteiger partial charge in [0, 0.05) is 6.07 Å². The van der Waals surface area contributed by atoms with Gasteiger partial charge in [0.1, 0.15) is 41.9 Å². The van der Waals surface area contributed by atoms with E-state index in [9.17, 15) is 30.6 Å². The number of aliphatic hydroxyl groups excluding tert-OH is 5. The van der Waals surface area contributed by atoms with Gasteiger partial charge < -0.3 is 59.4 Å². The molecule has 0 spiro atoms. The van der Waals surface area contributed by atoms with Crippen molar-refractivity contribution in [3.8, 4) is 17.2 Å². The van der Waals surface area contributed by atoms with E-state index in [-0.39, 0.29) is 23.9 Å². The number of benzene rings is 1. The fraction of sp³-hybridized carbons (Fsp3) is 0.667. The molecule has 170 valence electrons. The first kappa shape index (κ1) is 22.9. The number of phenolic OH excluding ortho intramolecular Hbond substituents is 1. The van der Waals surface area contributed by atoms with Crippen LogP contribution in [0.3, 0.4) is 0 Å². The Hall–Kier alpha value is -1.74. The number of aliphatic hydroxyl groups is 6. The monoisotopic (exact) mass is 434 g/mol. The third-order valence-corrected chi connectivity index (χ3v) is 5.08. The lowest BCUT2D eigenvalue weighted by atomic mass is 9.99. The number of ether oxygens (including phenoxy) is 5. The van der Waals surface area contributed by atoms with E-state index < -0.39 is 61.9 Å². The molecule has 12 nitrogen and oxygen atoms in total. The van der Waals surface area contributed by atoms with Crippen LogP contribution in [0.1, 0.15) is 0 Å². The molecule has 0 aliphatic carbocycles. The highest BCUT2D eigenvalue weighted by atomic mass is 16.7. The van der Waals surface area contributed by atoms with Crippen LogP contribution in [-0.4, -0.2) is 111 Å². The molecule has 2 heterocycles. The normalized spacial score (nSPS) is 39.1. The van der Waals surface area contributed by atoms with Crippen molar-refractivity contribution in [2.75, 3.05) is 26.9 Å². The lowest BCUT2D eigenvalue weighted by Crippen LogP contribution is -2.60. The van der Waals surface area contributed by atoms with Crippen LogP contribution in [0.5, 0.6) is 17.2 Å². The molecule has 0 unspecified atom stereocenters. The van der Waals surface area contributed by atoms with Crippen LogP contribution in [0.4, 0.5) is 0 Å². The molecule has 0 saturated carbocycles. The molecule has 0 aromatic heterocycles. The molecule has 30 heavy (non-hydrogen) atoms. The summed E-state index contributed by atoms with van der Waals surface area (Å²) in [6, 6.07) is 4.03.